The molecule has 5 unspecified atom stereocenters. The number of hydrogen-bond acceptors (Lipinski definition) is 7. The topological polar surface area (TPSA) is 109 Å². The van der Waals surface area contributed by atoms with Gasteiger partial charge in [0.25, 0.3) is 0 Å². The number of rotatable bonds is 4. The van der Waals surface area contributed by atoms with E-state index in [2.05, 4.69) is 20.3 Å². The second-order valence-electron chi connectivity index (χ2n) is 13.7. The van der Waals surface area contributed by atoms with E-state index in [-0.39, 0.29) is 49.9 Å². The Bertz CT molecular complexity index is 1220. The molecule has 1 aromatic rings. The normalized spacial score (nSPS) is 38.8. The number of hydrogen-bond donors (Lipinski definition) is 4. The molecule has 4 bridgehead atoms. The number of aryl methyl sites for hydroxylation is 2. The lowest BCUT2D eigenvalue weighted by Crippen LogP contribution is -2.64. The average Bonchev–Trinajstić information content (AvgIpc) is 3.69. The smallest absolute Gasteiger partial charge is 0.362 e. The highest BCUT2D eigenvalue weighted by Gasteiger charge is 2.64. The summed E-state index contributed by atoms with van der Waals surface area (Å²) in [4.78, 5) is 2.24. The molecule has 0 spiro atoms. The van der Waals surface area contributed by atoms with Gasteiger partial charge in [-0.2, -0.15) is 17.9 Å². The number of nitrogens with two attached hydrogens (primary N) is 1. The maximum absolute atomic E-state index is 14.3. The number of nitrogens with zero attached hydrogens (tertiary/aromatic N) is 1. The fourth-order valence-corrected chi connectivity index (χ4v) is 9.66. The van der Waals surface area contributed by atoms with Crippen LogP contribution in [0.4, 0.5) is 13.2 Å². The van der Waals surface area contributed by atoms with E-state index in [1.54, 1.807) is 0 Å². The highest BCUT2D eigenvalue weighted by molar-refractivity contribution is 7.90. The van der Waals surface area contributed by atoms with Crippen LogP contribution in [0, 0.1) is 25.2 Å². The predicted octanol–water partition coefficient (Wildman–Crippen LogP) is 3.94. The van der Waals surface area contributed by atoms with Crippen molar-refractivity contribution in [3.05, 3.63) is 34.9 Å². The molecule has 0 radical (unpaired) electrons. The van der Waals surface area contributed by atoms with Crippen LogP contribution in [0.2, 0.25) is 0 Å². The zero-order valence-electron chi connectivity index (χ0n) is 24.6. The summed E-state index contributed by atoms with van der Waals surface area (Å²) in [5, 5.41) is 6.19. The standard InChI is InChI=1S/C30H46F3N5O3S/c1-18-5-3-6-19(2)27(18)25-14-26-36-28(35-25)37-42(39,40)24-8-4-7-20(11-24)16-38(22-12-21(34)13-22)23(17-41-26)15-29(9-10-29)30(31,32)33/h3,5-6,20-26,28,35-37H,4,7-17,34H2,1-2H3/t20?,21?,22?,23-,24?,25?,26?,28?/m1/s1. The number of halogens is 3. The van der Waals surface area contributed by atoms with Crippen molar-refractivity contribution in [1.29, 1.82) is 0 Å². The van der Waals surface area contributed by atoms with Gasteiger partial charge in [-0.05, 0) is 87.8 Å². The summed E-state index contributed by atoms with van der Waals surface area (Å²) in [5.41, 5.74) is 7.79. The largest absolute Gasteiger partial charge is 0.394 e. The second-order valence-corrected chi connectivity index (χ2v) is 15.7. The lowest BCUT2D eigenvalue weighted by Gasteiger charge is -2.48. The van der Waals surface area contributed by atoms with Crippen molar-refractivity contribution >= 4 is 10.0 Å². The van der Waals surface area contributed by atoms with Crippen LogP contribution in [0.15, 0.2) is 18.2 Å². The number of nitrogens with one attached hydrogen (secondary N) is 3. The first-order chi connectivity index (χ1) is 19.8. The molecule has 0 aromatic heterocycles. The van der Waals surface area contributed by atoms with Crippen LogP contribution in [0.1, 0.15) is 86.9 Å². The van der Waals surface area contributed by atoms with Crippen molar-refractivity contribution < 1.29 is 26.3 Å². The molecule has 2 heterocycles. The number of benzene rings is 1. The Morgan fingerprint density at radius 1 is 1.07 bits per heavy atom. The molecule has 2 saturated heterocycles. The van der Waals surface area contributed by atoms with Crippen molar-refractivity contribution in [2.24, 2.45) is 17.1 Å². The summed E-state index contributed by atoms with van der Waals surface area (Å²) < 4.78 is 79.6. The minimum absolute atomic E-state index is 0.00363. The highest BCUT2D eigenvalue weighted by atomic mass is 32.2. The molecular formula is C30H46F3N5O3S. The van der Waals surface area contributed by atoms with Gasteiger partial charge in [0.15, 0.2) is 0 Å². The maximum Gasteiger partial charge on any atom is 0.394 e. The molecule has 2 aliphatic heterocycles. The van der Waals surface area contributed by atoms with Gasteiger partial charge >= 0.3 is 6.18 Å². The van der Waals surface area contributed by atoms with E-state index in [9.17, 15) is 21.6 Å². The third kappa shape index (κ3) is 6.27. The SMILES string of the molecule is Cc1cccc(C)c1C1CC2NC(N1)NS(=O)(=O)C1CCCC(C1)CN(C1CC(N)C1)[C@H](CC1(C(F)(F)F)CC1)CO2. The van der Waals surface area contributed by atoms with E-state index in [0.29, 0.717) is 25.8 Å². The van der Waals surface area contributed by atoms with Crippen LogP contribution in [-0.4, -0.2) is 68.5 Å². The monoisotopic (exact) mass is 613 g/mol. The fourth-order valence-electron chi connectivity index (χ4n) is 8.00. The van der Waals surface area contributed by atoms with Crippen molar-refractivity contribution in [2.45, 2.75) is 126 Å². The molecule has 3 aliphatic carbocycles. The van der Waals surface area contributed by atoms with Crippen LogP contribution in [-0.2, 0) is 14.8 Å². The van der Waals surface area contributed by atoms with Crippen LogP contribution in [0.5, 0.6) is 0 Å². The first-order valence-electron chi connectivity index (χ1n) is 15.6. The van der Waals surface area contributed by atoms with E-state index < -0.39 is 45.4 Å². The van der Waals surface area contributed by atoms with Crippen LogP contribution < -0.4 is 21.1 Å². The van der Waals surface area contributed by atoms with Crippen LogP contribution >= 0.6 is 0 Å². The zero-order chi connectivity index (χ0) is 29.9. The van der Waals surface area contributed by atoms with Crippen LogP contribution in [0.25, 0.3) is 0 Å². The summed E-state index contributed by atoms with van der Waals surface area (Å²) >= 11 is 0. The van der Waals surface area contributed by atoms with Gasteiger partial charge in [-0.15, -0.1) is 0 Å². The Kier molecular flexibility index (Phi) is 8.47. The van der Waals surface area contributed by atoms with E-state index in [1.165, 1.54) is 0 Å². The van der Waals surface area contributed by atoms with E-state index in [4.69, 9.17) is 10.5 Å². The molecule has 8 nitrogen and oxygen atoms in total. The molecule has 3 saturated carbocycles. The summed E-state index contributed by atoms with van der Waals surface area (Å²) in [6.07, 6.45) is -0.519. The molecule has 42 heavy (non-hydrogen) atoms. The minimum Gasteiger partial charge on any atom is -0.362 e. The Balaban J connectivity index is 1.34. The molecule has 1 aromatic carbocycles. The van der Waals surface area contributed by atoms with Gasteiger partial charge in [-0.1, -0.05) is 24.6 Å². The summed E-state index contributed by atoms with van der Waals surface area (Å²) in [7, 11) is -3.68. The predicted molar refractivity (Wildman–Crippen MR) is 155 cm³/mol. The number of sulfonamides is 1. The van der Waals surface area contributed by atoms with Gasteiger partial charge in [-0.25, -0.2) is 8.42 Å². The number of ether oxygens (including phenoxy) is 1. The Hall–Kier alpha value is -1.28. The van der Waals surface area contributed by atoms with Gasteiger partial charge in [0, 0.05) is 37.1 Å². The molecule has 5 fully saturated rings. The first kappa shape index (κ1) is 30.7. The first-order valence-corrected chi connectivity index (χ1v) is 17.2. The molecular weight excluding hydrogens is 567 g/mol. The van der Waals surface area contributed by atoms with E-state index in [0.717, 1.165) is 42.4 Å². The quantitative estimate of drug-likeness (QED) is 0.408. The number of alkyl halides is 3. The zero-order valence-corrected chi connectivity index (χ0v) is 25.4. The minimum atomic E-state index is -4.25. The van der Waals surface area contributed by atoms with Gasteiger partial charge in [-0.3, -0.25) is 15.5 Å². The van der Waals surface area contributed by atoms with Gasteiger partial charge < -0.3 is 10.5 Å². The third-order valence-corrected chi connectivity index (χ3v) is 12.5. The van der Waals surface area contributed by atoms with Gasteiger partial charge in [0.05, 0.1) is 17.3 Å². The Morgan fingerprint density at radius 3 is 2.43 bits per heavy atom. The second kappa shape index (κ2) is 11.6. The molecule has 6 atom stereocenters. The van der Waals surface area contributed by atoms with Crippen molar-refractivity contribution in [2.75, 3.05) is 13.2 Å². The van der Waals surface area contributed by atoms with Crippen molar-refractivity contribution in [3.8, 4) is 0 Å². The Morgan fingerprint density at radius 2 is 1.79 bits per heavy atom. The molecule has 5 aliphatic rings. The van der Waals surface area contributed by atoms with Crippen LogP contribution in [0.3, 0.4) is 0 Å². The molecule has 6 rings (SSSR count). The average molecular weight is 614 g/mol. The fraction of sp³-hybridized carbons (Fsp3) is 0.800. The summed E-state index contributed by atoms with van der Waals surface area (Å²) in [5.74, 6) is 0.0871. The highest BCUT2D eigenvalue weighted by Crippen LogP contribution is 2.61. The van der Waals surface area contributed by atoms with E-state index >= 15 is 0 Å². The molecule has 5 N–H and O–H groups in total. The van der Waals surface area contributed by atoms with Gasteiger partial charge in [0.1, 0.15) is 12.5 Å². The summed E-state index contributed by atoms with van der Waals surface area (Å²) in [6.45, 7) is 4.80. The number of fused-ring (bicyclic) bond motifs is 4. The van der Waals surface area contributed by atoms with E-state index in [1.807, 2.05) is 32.0 Å². The molecule has 12 heteroatoms. The van der Waals surface area contributed by atoms with Crippen molar-refractivity contribution in [3.63, 3.8) is 0 Å². The summed E-state index contributed by atoms with van der Waals surface area (Å²) in [6, 6.07) is 5.59. The lowest BCUT2D eigenvalue weighted by molar-refractivity contribution is -0.196. The molecule has 236 valence electrons. The lowest BCUT2D eigenvalue weighted by atomic mass is 9.81. The maximum atomic E-state index is 14.3. The van der Waals surface area contributed by atoms with Crippen molar-refractivity contribution in [1.82, 2.24) is 20.3 Å². The third-order valence-electron chi connectivity index (χ3n) is 10.6. The van der Waals surface area contributed by atoms with Gasteiger partial charge in [0.2, 0.25) is 10.0 Å². The molecule has 0 amide bonds. The Labute approximate surface area is 247 Å².